The number of aryl methyl sites for hydroxylation is 2. The zero-order valence-electron chi connectivity index (χ0n) is 17.9. The predicted molar refractivity (Wildman–Crippen MR) is 112 cm³/mol. The lowest BCUT2D eigenvalue weighted by Gasteiger charge is -2.36. The molecule has 1 aliphatic carbocycles. The first-order chi connectivity index (χ1) is 14.4. The van der Waals surface area contributed by atoms with Gasteiger partial charge in [0, 0.05) is 13.1 Å². The van der Waals surface area contributed by atoms with Crippen LogP contribution in [-0.4, -0.2) is 53.9 Å². The molecule has 1 aromatic carbocycles. The van der Waals surface area contributed by atoms with Crippen LogP contribution in [0, 0.1) is 13.8 Å². The van der Waals surface area contributed by atoms with E-state index in [1.807, 2.05) is 39.1 Å². The van der Waals surface area contributed by atoms with Gasteiger partial charge in [-0.1, -0.05) is 43.0 Å². The first kappa shape index (κ1) is 20.4. The number of esters is 1. The summed E-state index contributed by atoms with van der Waals surface area (Å²) < 4.78 is 5.29. The van der Waals surface area contributed by atoms with E-state index < -0.39 is 12.0 Å². The van der Waals surface area contributed by atoms with E-state index in [9.17, 15) is 14.4 Å². The molecule has 160 valence electrons. The fourth-order valence-corrected chi connectivity index (χ4v) is 4.70. The van der Waals surface area contributed by atoms with Crippen LogP contribution in [0.25, 0.3) is 0 Å². The van der Waals surface area contributed by atoms with E-state index in [0.717, 1.165) is 42.4 Å². The molecule has 30 heavy (non-hydrogen) atoms. The number of likely N-dealkylation sites (N-methyl/N-ethyl adjacent to an activating group) is 1. The summed E-state index contributed by atoms with van der Waals surface area (Å²) in [5, 5.41) is 2.93. The highest BCUT2D eigenvalue weighted by molar-refractivity contribution is 5.98. The van der Waals surface area contributed by atoms with Gasteiger partial charge >= 0.3 is 12.0 Å². The molecule has 2 aliphatic heterocycles. The van der Waals surface area contributed by atoms with Crippen molar-refractivity contribution in [1.82, 2.24) is 15.1 Å². The molecule has 3 amide bonds. The Kier molecular flexibility index (Phi) is 5.54. The van der Waals surface area contributed by atoms with Crippen molar-refractivity contribution in [2.45, 2.75) is 58.0 Å². The van der Waals surface area contributed by atoms with Crippen LogP contribution < -0.4 is 5.32 Å². The van der Waals surface area contributed by atoms with Gasteiger partial charge in [0.1, 0.15) is 13.2 Å². The zero-order chi connectivity index (χ0) is 21.4. The highest BCUT2D eigenvalue weighted by Gasteiger charge is 2.43. The lowest BCUT2D eigenvalue weighted by atomic mass is 9.91. The minimum atomic E-state index is -0.565. The number of carbonyl (C=O) groups is 3. The SMILES string of the molecule is Cc1ccc(C)c([C@H]2NC(=O)N(CC(=O)N(C)C3CCCCC3)C3=C2C(=O)OC3)c1. The van der Waals surface area contributed by atoms with Gasteiger partial charge in [0.2, 0.25) is 5.91 Å². The molecule has 0 radical (unpaired) electrons. The van der Waals surface area contributed by atoms with Crippen molar-refractivity contribution in [2.75, 3.05) is 20.2 Å². The van der Waals surface area contributed by atoms with E-state index >= 15 is 0 Å². The highest BCUT2D eigenvalue weighted by atomic mass is 16.5. The first-order valence-electron chi connectivity index (χ1n) is 10.7. The van der Waals surface area contributed by atoms with Crippen LogP contribution in [0.15, 0.2) is 29.5 Å². The Morgan fingerprint density at radius 2 is 1.93 bits per heavy atom. The third kappa shape index (κ3) is 3.68. The molecule has 1 fully saturated rings. The van der Waals surface area contributed by atoms with E-state index in [4.69, 9.17) is 4.74 Å². The van der Waals surface area contributed by atoms with Crippen LogP contribution in [-0.2, 0) is 14.3 Å². The number of benzene rings is 1. The molecule has 1 aromatic rings. The second-order valence-electron chi connectivity index (χ2n) is 8.56. The molecule has 1 atom stereocenters. The Morgan fingerprint density at radius 3 is 2.67 bits per heavy atom. The summed E-state index contributed by atoms with van der Waals surface area (Å²) in [5.74, 6) is -0.553. The van der Waals surface area contributed by atoms with Crippen LogP contribution >= 0.6 is 0 Å². The summed E-state index contributed by atoms with van der Waals surface area (Å²) in [5.41, 5.74) is 3.83. The van der Waals surface area contributed by atoms with Gasteiger partial charge in [0.25, 0.3) is 0 Å². The first-order valence-corrected chi connectivity index (χ1v) is 10.7. The highest BCUT2D eigenvalue weighted by Crippen LogP contribution is 2.36. The summed E-state index contributed by atoms with van der Waals surface area (Å²) in [7, 11) is 1.81. The predicted octanol–water partition coefficient (Wildman–Crippen LogP) is 2.97. The normalized spacial score (nSPS) is 22.0. The standard InChI is InChI=1S/C23H29N3O4/c1-14-9-10-15(2)17(11-14)21-20-18(13-30-22(20)28)26(23(29)24-21)12-19(27)25(3)16-7-5-4-6-8-16/h9-11,16,21H,4-8,12-13H2,1-3H3,(H,24,29)/t21-/m1/s1. The van der Waals surface area contributed by atoms with Crippen molar-refractivity contribution in [1.29, 1.82) is 0 Å². The largest absolute Gasteiger partial charge is 0.456 e. The summed E-state index contributed by atoms with van der Waals surface area (Å²) in [6, 6.07) is 5.24. The van der Waals surface area contributed by atoms with E-state index in [0.29, 0.717) is 11.3 Å². The third-order valence-corrected chi connectivity index (χ3v) is 6.55. The molecule has 7 heteroatoms. The number of cyclic esters (lactones) is 1. The van der Waals surface area contributed by atoms with Crippen LogP contribution in [0.3, 0.4) is 0 Å². The smallest absolute Gasteiger partial charge is 0.338 e. The topological polar surface area (TPSA) is 79.0 Å². The maximum Gasteiger partial charge on any atom is 0.338 e. The van der Waals surface area contributed by atoms with E-state index in [1.54, 1.807) is 4.90 Å². The summed E-state index contributed by atoms with van der Waals surface area (Å²) in [6.07, 6.45) is 5.46. The van der Waals surface area contributed by atoms with Crippen LogP contribution in [0.1, 0.15) is 54.8 Å². The molecule has 0 spiro atoms. The lowest BCUT2D eigenvalue weighted by Crippen LogP contribution is -2.52. The number of nitrogens with zero attached hydrogens (tertiary/aromatic N) is 2. The molecule has 3 aliphatic rings. The maximum atomic E-state index is 13.0. The van der Waals surface area contributed by atoms with Gasteiger partial charge in [0.15, 0.2) is 0 Å². The van der Waals surface area contributed by atoms with E-state index in [1.165, 1.54) is 11.3 Å². The van der Waals surface area contributed by atoms with Gasteiger partial charge < -0.3 is 15.0 Å². The van der Waals surface area contributed by atoms with Crippen LogP contribution in [0.5, 0.6) is 0 Å². The summed E-state index contributed by atoms with van der Waals surface area (Å²) in [6.45, 7) is 3.86. The van der Waals surface area contributed by atoms with Crippen molar-refractivity contribution >= 4 is 17.9 Å². The van der Waals surface area contributed by atoms with Crippen molar-refractivity contribution in [2.24, 2.45) is 0 Å². The lowest BCUT2D eigenvalue weighted by molar-refractivity contribution is -0.136. The molecule has 0 saturated heterocycles. The molecule has 4 rings (SSSR count). The Hall–Kier alpha value is -2.83. The van der Waals surface area contributed by atoms with Crippen molar-refractivity contribution in [3.05, 3.63) is 46.2 Å². The fraction of sp³-hybridized carbons (Fsp3) is 0.522. The minimum Gasteiger partial charge on any atom is -0.456 e. The molecule has 0 unspecified atom stereocenters. The molecule has 0 aromatic heterocycles. The monoisotopic (exact) mass is 411 g/mol. The quantitative estimate of drug-likeness (QED) is 0.773. The third-order valence-electron chi connectivity index (χ3n) is 6.55. The molecule has 1 N–H and O–H groups in total. The summed E-state index contributed by atoms with van der Waals surface area (Å²) >= 11 is 0. The Morgan fingerprint density at radius 1 is 1.20 bits per heavy atom. The number of ether oxygens (including phenoxy) is 1. The van der Waals surface area contributed by atoms with Gasteiger partial charge in [-0.15, -0.1) is 0 Å². The van der Waals surface area contributed by atoms with Gasteiger partial charge in [0.05, 0.1) is 17.3 Å². The second-order valence-corrected chi connectivity index (χ2v) is 8.56. The Bertz CT molecular complexity index is 917. The molecular weight excluding hydrogens is 382 g/mol. The average Bonchev–Trinajstić information content (AvgIpc) is 3.13. The van der Waals surface area contributed by atoms with Gasteiger partial charge in [-0.25, -0.2) is 9.59 Å². The molecule has 7 nitrogen and oxygen atoms in total. The fourth-order valence-electron chi connectivity index (χ4n) is 4.70. The van der Waals surface area contributed by atoms with Crippen LogP contribution in [0.4, 0.5) is 4.79 Å². The minimum absolute atomic E-state index is 0.0172. The number of amides is 3. The van der Waals surface area contributed by atoms with Crippen molar-refractivity contribution in [3.8, 4) is 0 Å². The average molecular weight is 412 g/mol. The second kappa shape index (κ2) is 8.13. The van der Waals surface area contributed by atoms with Gasteiger partial charge in [-0.3, -0.25) is 9.69 Å². The van der Waals surface area contributed by atoms with Crippen LogP contribution in [0.2, 0.25) is 0 Å². The molecule has 2 heterocycles. The van der Waals surface area contributed by atoms with E-state index in [-0.39, 0.29) is 31.1 Å². The summed E-state index contributed by atoms with van der Waals surface area (Å²) in [4.78, 5) is 41.6. The molecular formula is C23H29N3O4. The maximum absolute atomic E-state index is 13.0. The Labute approximate surface area is 177 Å². The number of nitrogens with one attached hydrogen (secondary N) is 1. The van der Waals surface area contributed by atoms with Gasteiger partial charge in [-0.2, -0.15) is 0 Å². The number of hydrogen-bond donors (Lipinski definition) is 1. The number of carbonyl (C=O) groups excluding carboxylic acids is 3. The molecule has 0 bridgehead atoms. The van der Waals surface area contributed by atoms with E-state index in [2.05, 4.69) is 5.32 Å². The van der Waals surface area contributed by atoms with Crippen molar-refractivity contribution < 1.29 is 19.1 Å². The Balaban J connectivity index is 1.61. The zero-order valence-corrected chi connectivity index (χ0v) is 17.9. The molecule has 1 saturated carbocycles. The number of urea groups is 1. The van der Waals surface area contributed by atoms with Gasteiger partial charge in [-0.05, 0) is 37.8 Å². The van der Waals surface area contributed by atoms with Crippen molar-refractivity contribution in [3.63, 3.8) is 0 Å². The number of rotatable bonds is 4. The number of hydrogen-bond acceptors (Lipinski definition) is 4.